The van der Waals surface area contributed by atoms with Crippen LogP contribution in [0.2, 0.25) is 0 Å². The van der Waals surface area contributed by atoms with Gasteiger partial charge >= 0.3 is 11.8 Å². The second-order valence-electron chi connectivity index (χ2n) is 4.52. The number of para-hydroxylation sites is 1. The molecule has 0 bridgehead atoms. The number of aryl methyl sites for hydroxylation is 1. The number of rotatable bonds is 8. The van der Waals surface area contributed by atoms with Crippen LogP contribution >= 0.6 is 0 Å². The molecule has 0 atom stereocenters. The number of anilines is 1. The maximum atomic E-state index is 11.9. The molecule has 2 N–H and O–H groups in total. The number of ether oxygens (including phenoxy) is 2. The SMILES string of the molecule is CCOC(CNC(=O)C(=O)Nc1ccccc1CC)OCC. The van der Waals surface area contributed by atoms with Gasteiger partial charge in [0.1, 0.15) is 0 Å². The molecule has 0 saturated heterocycles. The molecule has 1 rings (SSSR count). The summed E-state index contributed by atoms with van der Waals surface area (Å²) >= 11 is 0. The minimum atomic E-state index is -0.713. The Bertz CT molecular complexity index is 485. The van der Waals surface area contributed by atoms with Crippen molar-refractivity contribution in [2.45, 2.75) is 33.5 Å². The molecule has 0 aliphatic rings. The Balaban J connectivity index is 2.52. The van der Waals surface area contributed by atoms with Crippen molar-refractivity contribution >= 4 is 17.5 Å². The van der Waals surface area contributed by atoms with Crippen LogP contribution in [0.4, 0.5) is 5.69 Å². The number of hydrogen-bond acceptors (Lipinski definition) is 4. The summed E-state index contributed by atoms with van der Waals surface area (Å²) in [4.78, 5) is 23.7. The number of carbonyl (C=O) groups is 2. The lowest BCUT2D eigenvalue weighted by molar-refractivity contribution is -0.145. The molecule has 6 nitrogen and oxygen atoms in total. The van der Waals surface area contributed by atoms with Gasteiger partial charge in [0, 0.05) is 18.9 Å². The molecule has 1 aromatic rings. The Hall–Kier alpha value is -1.92. The lowest BCUT2D eigenvalue weighted by Crippen LogP contribution is -2.41. The van der Waals surface area contributed by atoms with Gasteiger partial charge in [-0.2, -0.15) is 0 Å². The fourth-order valence-electron chi connectivity index (χ4n) is 1.92. The second kappa shape index (κ2) is 9.92. The fraction of sp³-hybridized carbons (Fsp3) is 0.500. The number of hydrogen-bond donors (Lipinski definition) is 2. The summed E-state index contributed by atoms with van der Waals surface area (Å²) < 4.78 is 10.6. The molecule has 2 amide bonds. The topological polar surface area (TPSA) is 76.7 Å². The number of carbonyl (C=O) groups excluding carboxylic acids is 2. The predicted octanol–water partition coefficient (Wildman–Crippen LogP) is 1.70. The van der Waals surface area contributed by atoms with E-state index in [1.165, 1.54) is 0 Å². The maximum absolute atomic E-state index is 11.9. The van der Waals surface area contributed by atoms with E-state index in [4.69, 9.17) is 9.47 Å². The molecule has 0 aromatic heterocycles. The van der Waals surface area contributed by atoms with Crippen molar-refractivity contribution in [2.24, 2.45) is 0 Å². The Morgan fingerprint density at radius 3 is 2.27 bits per heavy atom. The molecule has 0 saturated carbocycles. The van der Waals surface area contributed by atoms with Gasteiger partial charge in [-0.15, -0.1) is 0 Å². The summed E-state index contributed by atoms with van der Waals surface area (Å²) in [5, 5.41) is 5.13. The van der Waals surface area contributed by atoms with E-state index >= 15 is 0 Å². The number of nitrogens with one attached hydrogen (secondary N) is 2. The Morgan fingerprint density at radius 1 is 1.05 bits per heavy atom. The predicted molar refractivity (Wildman–Crippen MR) is 84.5 cm³/mol. The van der Waals surface area contributed by atoms with Crippen LogP contribution in [0.3, 0.4) is 0 Å². The van der Waals surface area contributed by atoms with Crippen molar-refractivity contribution in [3.05, 3.63) is 29.8 Å². The zero-order valence-corrected chi connectivity index (χ0v) is 13.3. The first-order valence-electron chi connectivity index (χ1n) is 7.52. The van der Waals surface area contributed by atoms with E-state index < -0.39 is 18.1 Å². The molecule has 1 aromatic carbocycles. The third-order valence-corrected chi connectivity index (χ3v) is 2.99. The summed E-state index contributed by atoms with van der Waals surface area (Å²) in [6.45, 7) is 6.72. The highest BCUT2D eigenvalue weighted by atomic mass is 16.7. The monoisotopic (exact) mass is 308 g/mol. The van der Waals surface area contributed by atoms with Gasteiger partial charge in [0.2, 0.25) is 0 Å². The van der Waals surface area contributed by atoms with E-state index in [9.17, 15) is 9.59 Å². The minimum Gasteiger partial charge on any atom is -0.351 e. The van der Waals surface area contributed by atoms with Crippen molar-refractivity contribution in [1.29, 1.82) is 0 Å². The fourth-order valence-corrected chi connectivity index (χ4v) is 1.92. The van der Waals surface area contributed by atoms with Crippen LogP contribution in [0.1, 0.15) is 26.3 Å². The molecule has 0 aliphatic heterocycles. The Kier molecular flexibility index (Phi) is 8.17. The number of benzene rings is 1. The van der Waals surface area contributed by atoms with Crippen molar-refractivity contribution in [3.63, 3.8) is 0 Å². The van der Waals surface area contributed by atoms with E-state index in [0.717, 1.165) is 12.0 Å². The van der Waals surface area contributed by atoms with E-state index in [2.05, 4.69) is 10.6 Å². The van der Waals surface area contributed by atoms with Crippen LogP contribution in [0.5, 0.6) is 0 Å². The molecule has 0 fully saturated rings. The van der Waals surface area contributed by atoms with Gasteiger partial charge in [0.05, 0.1) is 6.54 Å². The van der Waals surface area contributed by atoms with E-state index in [1.807, 2.05) is 39.0 Å². The standard InChI is InChI=1S/C16H24N2O4/c1-4-12-9-7-8-10-13(12)18-16(20)15(19)17-11-14(21-5-2)22-6-3/h7-10,14H,4-6,11H2,1-3H3,(H,17,19)(H,18,20). The van der Waals surface area contributed by atoms with Crippen LogP contribution < -0.4 is 10.6 Å². The molecular formula is C16H24N2O4. The van der Waals surface area contributed by atoms with Crippen LogP contribution in [-0.2, 0) is 25.5 Å². The summed E-state index contributed by atoms with van der Waals surface area (Å²) in [5.41, 5.74) is 1.63. The van der Waals surface area contributed by atoms with Gasteiger partial charge in [-0.1, -0.05) is 25.1 Å². The van der Waals surface area contributed by atoms with Crippen LogP contribution in [0.15, 0.2) is 24.3 Å². The smallest absolute Gasteiger partial charge is 0.313 e. The van der Waals surface area contributed by atoms with E-state index in [0.29, 0.717) is 18.9 Å². The van der Waals surface area contributed by atoms with Gasteiger partial charge in [-0.3, -0.25) is 9.59 Å². The number of amides is 2. The van der Waals surface area contributed by atoms with Gasteiger partial charge < -0.3 is 20.1 Å². The van der Waals surface area contributed by atoms with Gasteiger partial charge in [-0.25, -0.2) is 0 Å². The van der Waals surface area contributed by atoms with Gasteiger partial charge in [-0.05, 0) is 31.9 Å². The highest BCUT2D eigenvalue weighted by Crippen LogP contribution is 2.15. The van der Waals surface area contributed by atoms with Crippen molar-refractivity contribution < 1.29 is 19.1 Å². The maximum Gasteiger partial charge on any atom is 0.313 e. The molecule has 0 unspecified atom stereocenters. The molecule has 0 heterocycles. The molecule has 122 valence electrons. The zero-order chi connectivity index (χ0) is 16.4. The normalized spacial score (nSPS) is 10.5. The molecular weight excluding hydrogens is 284 g/mol. The molecule has 0 radical (unpaired) electrons. The summed E-state index contributed by atoms with van der Waals surface area (Å²) in [6, 6.07) is 7.39. The average Bonchev–Trinajstić information content (AvgIpc) is 2.53. The van der Waals surface area contributed by atoms with Crippen LogP contribution in [0, 0.1) is 0 Å². The first kappa shape index (κ1) is 18.1. The highest BCUT2D eigenvalue weighted by Gasteiger charge is 2.17. The second-order valence-corrected chi connectivity index (χ2v) is 4.52. The van der Waals surface area contributed by atoms with Crippen LogP contribution in [-0.4, -0.2) is 37.9 Å². The molecule has 6 heteroatoms. The quantitative estimate of drug-likeness (QED) is 0.566. The third-order valence-electron chi connectivity index (χ3n) is 2.99. The summed E-state index contributed by atoms with van der Waals surface area (Å²) in [6.07, 6.45) is 0.226. The Morgan fingerprint density at radius 2 is 1.68 bits per heavy atom. The van der Waals surface area contributed by atoms with Crippen LogP contribution in [0.25, 0.3) is 0 Å². The summed E-state index contributed by atoms with van der Waals surface area (Å²) in [7, 11) is 0. The molecule has 0 aliphatic carbocycles. The van der Waals surface area contributed by atoms with Crippen molar-refractivity contribution in [2.75, 3.05) is 25.1 Å². The van der Waals surface area contributed by atoms with Crippen molar-refractivity contribution in [3.8, 4) is 0 Å². The minimum absolute atomic E-state index is 0.128. The third kappa shape index (κ3) is 5.83. The van der Waals surface area contributed by atoms with Crippen molar-refractivity contribution in [1.82, 2.24) is 5.32 Å². The average molecular weight is 308 g/mol. The highest BCUT2D eigenvalue weighted by molar-refractivity contribution is 6.39. The van der Waals surface area contributed by atoms with Gasteiger partial charge in [0.25, 0.3) is 0 Å². The Labute approximate surface area is 131 Å². The molecule has 0 spiro atoms. The zero-order valence-electron chi connectivity index (χ0n) is 13.3. The van der Waals surface area contributed by atoms with E-state index in [1.54, 1.807) is 6.07 Å². The first-order valence-corrected chi connectivity index (χ1v) is 7.52. The lowest BCUT2D eigenvalue weighted by atomic mass is 10.1. The van der Waals surface area contributed by atoms with E-state index in [-0.39, 0.29) is 6.54 Å². The summed E-state index contributed by atoms with van der Waals surface area (Å²) in [5.74, 6) is -1.41. The molecule has 22 heavy (non-hydrogen) atoms. The lowest BCUT2D eigenvalue weighted by Gasteiger charge is -2.17. The first-order chi connectivity index (χ1) is 10.6. The largest absolute Gasteiger partial charge is 0.351 e. The van der Waals surface area contributed by atoms with Gasteiger partial charge in [0.15, 0.2) is 6.29 Å².